The van der Waals surface area contributed by atoms with E-state index in [9.17, 15) is 13.0 Å². The number of benzene rings is 1. The van der Waals surface area contributed by atoms with Crippen LogP contribution in [0, 0.1) is 0 Å². The van der Waals surface area contributed by atoms with Crippen LogP contribution in [0.2, 0.25) is 0 Å². The Kier molecular flexibility index (Phi) is 6.23. The Balaban J connectivity index is 0.00000196. The van der Waals surface area contributed by atoms with E-state index in [1.165, 1.54) is 6.07 Å². The molecule has 0 aromatic heterocycles. The van der Waals surface area contributed by atoms with Crippen LogP contribution in [-0.4, -0.2) is 19.5 Å². The largest absolute Gasteiger partial charge is 1.00 e. The van der Waals surface area contributed by atoms with Gasteiger partial charge in [0.15, 0.2) is 10.3 Å². The number of nitrogens with one attached hydrogen (secondary N) is 2. The van der Waals surface area contributed by atoms with E-state index in [2.05, 4.69) is 5.32 Å². The molecule has 0 heterocycles. The second kappa shape index (κ2) is 6.34. The van der Waals surface area contributed by atoms with Gasteiger partial charge in [-0.25, -0.2) is 8.42 Å². The summed E-state index contributed by atoms with van der Waals surface area (Å²) in [6.07, 6.45) is 0. The first kappa shape index (κ1) is 14.7. The van der Waals surface area contributed by atoms with Crippen molar-refractivity contribution in [2.45, 2.75) is 6.92 Å². The fourth-order valence-corrected chi connectivity index (χ4v) is 1.50. The van der Waals surface area contributed by atoms with E-state index in [1.54, 1.807) is 18.2 Å². The van der Waals surface area contributed by atoms with E-state index in [4.69, 9.17) is 0 Å². The van der Waals surface area contributed by atoms with Crippen molar-refractivity contribution in [1.82, 2.24) is 0 Å². The molecular weight excluding hydrogens is 227 g/mol. The summed E-state index contributed by atoms with van der Waals surface area (Å²) in [6.45, 7) is 2.53. The third kappa shape index (κ3) is 5.39. The average Bonchev–Trinajstić information content (AvgIpc) is 2.06. The van der Waals surface area contributed by atoms with Gasteiger partial charge >= 0.3 is 29.6 Å². The van der Waals surface area contributed by atoms with E-state index in [-0.39, 0.29) is 35.2 Å². The maximum atomic E-state index is 10.5. The van der Waals surface area contributed by atoms with Crippen LogP contribution in [0.25, 0.3) is 0 Å². The maximum Gasteiger partial charge on any atom is 1.00 e. The molecule has 0 amide bonds. The van der Waals surface area contributed by atoms with Crippen LogP contribution in [0.1, 0.15) is 6.92 Å². The molecule has 1 rings (SSSR count). The van der Waals surface area contributed by atoms with Gasteiger partial charge in [-0.3, -0.25) is 4.72 Å². The molecule has 15 heavy (non-hydrogen) atoms. The van der Waals surface area contributed by atoms with Crippen molar-refractivity contribution in [1.29, 1.82) is 0 Å². The second-order valence-corrected chi connectivity index (χ2v) is 3.74. The number of hydrogen-bond acceptors (Lipinski definition) is 4. The molecule has 0 bridgehead atoms. The number of hydrogen-bond donors (Lipinski definition) is 2. The normalized spacial score (nSPS) is 10.3. The van der Waals surface area contributed by atoms with Crippen molar-refractivity contribution >= 4 is 21.7 Å². The zero-order valence-electron chi connectivity index (χ0n) is 8.65. The zero-order valence-corrected chi connectivity index (χ0v) is 11.5. The summed E-state index contributed by atoms with van der Waals surface area (Å²) in [5.74, 6) is 0. The van der Waals surface area contributed by atoms with Crippen LogP contribution in [0.4, 0.5) is 11.4 Å². The molecule has 0 aliphatic heterocycles. The fraction of sp³-hybridized carbons (Fsp3) is 0.250. The van der Waals surface area contributed by atoms with Crippen LogP contribution in [0.15, 0.2) is 24.3 Å². The van der Waals surface area contributed by atoms with Gasteiger partial charge < -0.3 is 9.87 Å². The van der Waals surface area contributed by atoms with Crippen LogP contribution in [-0.2, 0) is 10.3 Å². The summed E-state index contributed by atoms with van der Waals surface area (Å²) in [6, 6.07) is 6.61. The molecule has 0 spiro atoms. The second-order valence-electron chi connectivity index (χ2n) is 2.63. The Labute approximate surface area is 111 Å². The Morgan fingerprint density at radius 1 is 1.27 bits per heavy atom. The minimum absolute atomic E-state index is 0. The molecule has 0 aliphatic rings. The topological polar surface area (TPSA) is 81.3 Å². The van der Waals surface area contributed by atoms with Gasteiger partial charge in [0.25, 0.3) is 0 Å². The molecule has 0 saturated heterocycles. The first-order chi connectivity index (χ1) is 6.53. The van der Waals surface area contributed by atoms with Gasteiger partial charge in [-0.15, -0.1) is 0 Å². The minimum atomic E-state index is -4.46. The SMILES string of the molecule is CCNc1ccccc1NS(=O)(=O)[O-].[Na+]. The van der Waals surface area contributed by atoms with Crippen molar-refractivity contribution < 1.29 is 42.5 Å². The first-order valence-electron chi connectivity index (χ1n) is 4.09. The molecule has 0 aliphatic carbocycles. The summed E-state index contributed by atoms with van der Waals surface area (Å²) in [4.78, 5) is 0. The molecule has 0 unspecified atom stereocenters. The van der Waals surface area contributed by atoms with Gasteiger partial charge in [-0.2, -0.15) is 0 Å². The molecule has 0 atom stereocenters. The minimum Gasteiger partial charge on any atom is -0.731 e. The maximum absolute atomic E-state index is 10.5. The quantitative estimate of drug-likeness (QED) is 0.469. The van der Waals surface area contributed by atoms with Crippen molar-refractivity contribution in [3.63, 3.8) is 0 Å². The van der Waals surface area contributed by atoms with Crippen LogP contribution in [0.5, 0.6) is 0 Å². The van der Waals surface area contributed by atoms with Crippen LogP contribution < -0.4 is 39.6 Å². The van der Waals surface area contributed by atoms with Gasteiger partial charge in [-0.05, 0) is 19.1 Å². The standard InChI is InChI=1S/C8H12N2O3S.Na/c1-2-9-7-5-3-4-6-8(7)10-14(11,12)13;/h3-6,9-10H,2H2,1H3,(H,11,12,13);/q;+1/p-1. The van der Waals surface area contributed by atoms with Crippen molar-refractivity contribution in [2.24, 2.45) is 0 Å². The number of rotatable bonds is 4. The van der Waals surface area contributed by atoms with Gasteiger partial charge in [0.2, 0.25) is 0 Å². The van der Waals surface area contributed by atoms with Gasteiger partial charge in [-0.1, -0.05) is 12.1 Å². The van der Waals surface area contributed by atoms with Crippen molar-refractivity contribution in [2.75, 3.05) is 16.6 Å². The van der Waals surface area contributed by atoms with E-state index < -0.39 is 10.3 Å². The van der Waals surface area contributed by atoms with Gasteiger partial charge in [0.05, 0.1) is 11.4 Å². The van der Waals surface area contributed by atoms with Crippen LogP contribution in [0.3, 0.4) is 0 Å². The predicted molar refractivity (Wildman–Crippen MR) is 53.9 cm³/mol. The zero-order chi connectivity index (χ0) is 10.6. The fourth-order valence-electron chi connectivity index (χ4n) is 1.05. The third-order valence-electron chi connectivity index (χ3n) is 1.53. The molecule has 2 N–H and O–H groups in total. The summed E-state index contributed by atoms with van der Waals surface area (Å²) in [5.41, 5.74) is 0.860. The smallest absolute Gasteiger partial charge is 0.731 e. The molecule has 5 nitrogen and oxygen atoms in total. The van der Waals surface area contributed by atoms with E-state index >= 15 is 0 Å². The van der Waals surface area contributed by atoms with Crippen LogP contribution >= 0.6 is 0 Å². The molecule has 0 saturated carbocycles. The predicted octanol–water partition coefficient (Wildman–Crippen LogP) is -2.01. The first-order valence-corrected chi connectivity index (χ1v) is 5.50. The third-order valence-corrected chi connectivity index (χ3v) is 2.00. The van der Waals surface area contributed by atoms with E-state index in [0.717, 1.165) is 0 Å². The Morgan fingerprint density at radius 2 is 1.80 bits per heavy atom. The molecule has 7 heteroatoms. The molecule has 78 valence electrons. The Morgan fingerprint density at radius 3 is 2.27 bits per heavy atom. The summed E-state index contributed by atoms with van der Waals surface area (Å²) in [7, 11) is -4.46. The monoisotopic (exact) mass is 238 g/mol. The van der Waals surface area contributed by atoms with Gasteiger partial charge in [0, 0.05) is 6.54 Å². The van der Waals surface area contributed by atoms with E-state index in [0.29, 0.717) is 12.2 Å². The Hall–Kier alpha value is -0.270. The number of anilines is 2. The summed E-state index contributed by atoms with van der Waals surface area (Å²) < 4.78 is 33.3. The van der Waals surface area contributed by atoms with Crippen molar-refractivity contribution in [3.05, 3.63) is 24.3 Å². The molecule has 1 aromatic carbocycles. The Bertz CT molecular complexity index is 408. The van der Waals surface area contributed by atoms with Crippen molar-refractivity contribution in [3.8, 4) is 0 Å². The molecule has 1 aromatic rings. The summed E-state index contributed by atoms with van der Waals surface area (Å²) >= 11 is 0. The molecule has 0 radical (unpaired) electrons. The molecule has 0 fully saturated rings. The number of para-hydroxylation sites is 2. The molecular formula is C8H11N2NaO3S. The summed E-state index contributed by atoms with van der Waals surface area (Å²) in [5, 5.41) is 2.93. The van der Waals surface area contributed by atoms with E-state index in [1.807, 2.05) is 11.6 Å². The van der Waals surface area contributed by atoms with Gasteiger partial charge in [0.1, 0.15) is 0 Å². The average molecular weight is 238 g/mol.